The second-order valence-electron chi connectivity index (χ2n) is 5.77. The van der Waals surface area contributed by atoms with Crippen molar-refractivity contribution in [1.29, 1.82) is 0 Å². The number of hydrogen-bond acceptors (Lipinski definition) is 2. The minimum absolute atomic E-state index is 0.910. The van der Waals surface area contributed by atoms with Gasteiger partial charge in [0.15, 0.2) is 0 Å². The van der Waals surface area contributed by atoms with Crippen LogP contribution < -0.4 is 5.32 Å². The molecule has 1 aromatic carbocycles. The first-order chi connectivity index (χ1) is 9.31. The molecule has 0 aliphatic heterocycles. The Hall–Kier alpha value is -0.470. The molecule has 0 spiro atoms. The summed E-state index contributed by atoms with van der Waals surface area (Å²) in [6, 6.07) is 8.92. The zero-order chi connectivity index (χ0) is 13.5. The van der Waals surface area contributed by atoms with Crippen LogP contribution in [0.1, 0.15) is 44.6 Å². The zero-order valence-corrected chi connectivity index (χ0v) is 13.1. The topological polar surface area (TPSA) is 12.0 Å². The van der Waals surface area contributed by atoms with Crippen LogP contribution in [0.3, 0.4) is 0 Å². The smallest absolute Gasteiger partial charge is 0.0205 e. The maximum absolute atomic E-state index is 3.63. The van der Waals surface area contributed by atoms with Crippen LogP contribution in [0.25, 0.3) is 0 Å². The lowest BCUT2D eigenvalue weighted by Crippen LogP contribution is -2.26. The highest BCUT2D eigenvalue weighted by Gasteiger charge is 2.19. The quantitative estimate of drug-likeness (QED) is 0.755. The second kappa shape index (κ2) is 7.96. The molecular weight excluding hydrogens is 250 g/mol. The van der Waals surface area contributed by atoms with Crippen molar-refractivity contribution in [2.24, 2.45) is 11.8 Å². The highest BCUT2D eigenvalue weighted by Crippen LogP contribution is 2.30. The van der Waals surface area contributed by atoms with Crippen molar-refractivity contribution < 1.29 is 0 Å². The molecule has 0 heterocycles. The standard InChI is InChI=1S/C17H27NS/c1-3-14-4-6-15(7-5-14)12-18-13-16-8-10-17(19-2)11-9-16/h8-11,14-15,18H,3-7,12-13H2,1-2H3. The van der Waals surface area contributed by atoms with Crippen LogP contribution in [0.5, 0.6) is 0 Å². The summed E-state index contributed by atoms with van der Waals surface area (Å²) in [5.41, 5.74) is 1.40. The highest BCUT2D eigenvalue weighted by atomic mass is 32.2. The first kappa shape index (κ1) is 14.9. The van der Waals surface area contributed by atoms with Crippen molar-refractivity contribution in [3.8, 4) is 0 Å². The summed E-state index contributed by atoms with van der Waals surface area (Å²) in [5.74, 6) is 1.92. The van der Waals surface area contributed by atoms with Crippen molar-refractivity contribution in [2.75, 3.05) is 12.8 Å². The summed E-state index contributed by atoms with van der Waals surface area (Å²) >= 11 is 1.81. The van der Waals surface area contributed by atoms with Gasteiger partial charge in [-0.15, -0.1) is 11.8 Å². The van der Waals surface area contributed by atoms with E-state index in [-0.39, 0.29) is 0 Å². The summed E-state index contributed by atoms with van der Waals surface area (Å²) in [6.07, 6.45) is 9.26. The van der Waals surface area contributed by atoms with Gasteiger partial charge in [0.1, 0.15) is 0 Å². The monoisotopic (exact) mass is 277 g/mol. The number of rotatable bonds is 6. The van der Waals surface area contributed by atoms with Crippen molar-refractivity contribution >= 4 is 11.8 Å². The summed E-state index contributed by atoms with van der Waals surface area (Å²) < 4.78 is 0. The van der Waals surface area contributed by atoms with Crippen LogP contribution in [0.4, 0.5) is 0 Å². The molecule has 0 unspecified atom stereocenters. The molecule has 0 saturated heterocycles. The molecule has 1 nitrogen and oxygen atoms in total. The molecule has 1 aromatic rings. The predicted molar refractivity (Wildman–Crippen MR) is 85.7 cm³/mol. The average molecular weight is 277 g/mol. The number of hydrogen-bond donors (Lipinski definition) is 1. The fourth-order valence-electron chi connectivity index (χ4n) is 3.01. The SMILES string of the molecule is CCC1CCC(CNCc2ccc(SC)cc2)CC1. The minimum atomic E-state index is 0.910. The van der Waals surface area contributed by atoms with Gasteiger partial charge in [-0.2, -0.15) is 0 Å². The Labute approximate surface area is 122 Å². The molecule has 2 rings (SSSR count). The lowest BCUT2D eigenvalue weighted by Gasteiger charge is -2.27. The van der Waals surface area contributed by atoms with E-state index in [1.165, 1.54) is 49.1 Å². The maximum atomic E-state index is 3.63. The Morgan fingerprint density at radius 3 is 2.26 bits per heavy atom. The van der Waals surface area contributed by atoms with Crippen LogP contribution in [-0.2, 0) is 6.54 Å². The van der Waals surface area contributed by atoms with E-state index in [1.807, 2.05) is 0 Å². The molecule has 1 N–H and O–H groups in total. The normalized spacial score (nSPS) is 23.5. The van der Waals surface area contributed by atoms with E-state index in [0.717, 1.165) is 18.4 Å². The van der Waals surface area contributed by atoms with Gasteiger partial charge in [-0.25, -0.2) is 0 Å². The molecule has 0 atom stereocenters. The maximum Gasteiger partial charge on any atom is 0.0205 e. The van der Waals surface area contributed by atoms with E-state index >= 15 is 0 Å². The fourth-order valence-corrected chi connectivity index (χ4v) is 3.42. The van der Waals surface area contributed by atoms with Gasteiger partial charge in [0.05, 0.1) is 0 Å². The minimum Gasteiger partial charge on any atom is -0.312 e. The zero-order valence-electron chi connectivity index (χ0n) is 12.3. The van der Waals surface area contributed by atoms with E-state index in [2.05, 4.69) is 42.8 Å². The van der Waals surface area contributed by atoms with Gasteiger partial charge in [0.25, 0.3) is 0 Å². The van der Waals surface area contributed by atoms with Gasteiger partial charge in [-0.05, 0) is 55.2 Å². The van der Waals surface area contributed by atoms with E-state index in [9.17, 15) is 0 Å². The first-order valence-electron chi connectivity index (χ1n) is 7.65. The molecule has 0 amide bonds. The third-order valence-electron chi connectivity index (χ3n) is 4.46. The summed E-state index contributed by atoms with van der Waals surface area (Å²) in [4.78, 5) is 1.35. The van der Waals surface area contributed by atoms with E-state index in [1.54, 1.807) is 11.8 Å². The van der Waals surface area contributed by atoms with Gasteiger partial charge in [-0.1, -0.05) is 38.3 Å². The van der Waals surface area contributed by atoms with Crippen molar-refractivity contribution in [1.82, 2.24) is 5.32 Å². The largest absolute Gasteiger partial charge is 0.312 e. The van der Waals surface area contributed by atoms with E-state index in [0.29, 0.717) is 0 Å². The highest BCUT2D eigenvalue weighted by molar-refractivity contribution is 7.98. The number of thioether (sulfide) groups is 1. The second-order valence-corrected chi connectivity index (χ2v) is 6.65. The molecule has 2 heteroatoms. The van der Waals surface area contributed by atoms with Gasteiger partial charge in [-0.3, -0.25) is 0 Å². The predicted octanol–water partition coefficient (Wildman–Crippen LogP) is 4.71. The lowest BCUT2D eigenvalue weighted by molar-refractivity contribution is 0.262. The Kier molecular flexibility index (Phi) is 6.25. The molecule has 1 aliphatic carbocycles. The van der Waals surface area contributed by atoms with Gasteiger partial charge < -0.3 is 5.32 Å². The van der Waals surface area contributed by atoms with Crippen molar-refractivity contribution in [3.05, 3.63) is 29.8 Å². The Balaban J connectivity index is 1.66. The molecule has 0 radical (unpaired) electrons. The number of benzene rings is 1. The number of nitrogens with one attached hydrogen (secondary N) is 1. The van der Waals surface area contributed by atoms with E-state index in [4.69, 9.17) is 0 Å². The molecule has 0 aromatic heterocycles. The van der Waals surface area contributed by atoms with Crippen LogP contribution in [0.15, 0.2) is 29.2 Å². The third kappa shape index (κ3) is 4.85. The van der Waals surface area contributed by atoms with Crippen LogP contribution in [0.2, 0.25) is 0 Å². The molecule has 1 saturated carbocycles. The summed E-state index contributed by atoms with van der Waals surface area (Å²) in [6.45, 7) is 4.55. The Morgan fingerprint density at radius 1 is 1.05 bits per heavy atom. The van der Waals surface area contributed by atoms with E-state index < -0.39 is 0 Å². The summed E-state index contributed by atoms with van der Waals surface area (Å²) in [7, 11) is 0. The lowest BCUT2D eigenvalue weighted by atomic mass is 9.81. The molecule has 106 valence electrons. The molecule has 19 heavy (non-hydrogen) atoms. The van der Waals surface area contributed by atoms with Crippen LogP contribution >= 0.6 is 11.8 Å². The van der Waals surface area contributed by atoms with Crippen LogP contribution in [-0.4, -0.2) is 12.8 Å². The summed E-state index contributed by atoms with van der Waals surface area (Å²) in [5, 5.41) is 3.63. The molecule has 1 fully saturated rings. The van der Waals surface area contributed by atoms with Crippen molar-refractivity contribution in [2.45, 2.75) is 50.5 Å². The molecular formula is C17H27NS. The Bertz CT molecular complexity index is 352. The van der Waals surface area contributed by atoms with Crippen molar-refractivity contribution in [3.63, 3.8) is 0 Å². The van der Waals surface area contributed by atoms with Gasteiger partial charge in [0.2, 0.25) is 0 Å². The van der Waals surface area contributed by atoms with Crippen LogP contribution in [0, 0.1) is 11.8 Å². The Morgan fingerprint density at radius 2 is 1.68 bits per heavy atom. The third-order valence-corrected chi connectivity index (χ3v) is 5.21. The fraction of sp³-hybridized carbons (Fsp3) is 0.647. The van der Waals surface area contributed by atoms with Gasteiger partial charge >= 0.3 is 0 Å². The molecule has 1 aliphatic rings. The first-order valence-corrected chi connectivity index (χ1v) is 8.88. The molecule has 0 bridgehead atoms. The average Bonchev–Trinajstić information content (AvgIpc) is 2.49. The van der Waals surface area contributed by atoms with Gasteiger partial charge in [0, 0.05) is 11.4 Å².